The summed E-state index contributed by atoms with van der Waals surface area (Å²) in [6, 6.07) is 0. The first kappa shape index (κ1) is 15.9. The minimum Gasteiger partial charge on any atom is -0.333 e. The number of fused-ring (bicyclic) bond motifs is 3. The van der Waals surface area contributed by atoms with Crippen LogP contribution in [0.2, 0.25) is 0 Å². The van der Waals surface area contributed by atoms with E-state index in [0.29, 0.717) is 25.2 Å². The molecule has 0 spiro atoms. The second-order valence-corrected chi connectivity index (χ2v) is 6.82. The van der Waals surface area contributed by atoms with Crippen molar-refractivity contribution in [2.45, 2.75) is 52.2 Å². The van der Waals surface area contributed by atoms with Crippen LogP contribution in [0.4, 0.5) is 0 Å². The molecule has 1 aliphatic heterocycles. The van der Waals surface area contributed by atoms with Gasteiger partial charge in [0.15, 0.2) is 0 Å². The molecule has 0 fully saturated rings. The Hall–Kier alpha value is -2.64. The maximum absolute atomic E-state index is 12.7. The van der Waals surface area contributed by atoms with Crippen LogP contribution in [0.15, 0.2) is 15.8 Å². The molecule has 8 heteroatoms. The Morgan fingerprint density at radius 2 is 2.04 bits per heavy atom. The van der Waals surface area contributed by atoms with Crippen LogP contribution in [-0.2, 0) is 37.3 Å². The molecule has 3 heterocycles. The first-order valence-electron chi connectivity index (χ1n) is 8.68. The summed E-state index contributed by atoms with van der Waals surface area (Å²) in [5.74, 6) is -0.120. The van der Waals surface area contributed by atoms with Crippen molar-refractivity contribution in [1.82, 2.24) is 24.2 Å². The van der Waals surface area contributed by atoms with E-state index in [1.807, 2.05) is 4.68 Å². The van der Waals surface area contributed by atoms with E-state index in [-0.39, 0.29) is 12.5 Å². The molecular weight excluding hydrogens is 322 g/mol. The van der Waals surface area contributed by atoms with Crippen molar-refractivity contribution in [3.05, 3.63) is 49.5 Å². The summed E-state index contributed by atoms with van der Waals surface area (Å²) in [6.07, 6.45) is 5.85. The zero-order valence-electron chi connectivity index (χ0n) is 14.2. The molecule has 0 saturated carbocycles. The van der Waals surface area contributed by atoms with E-state index in [4.69, 9.17) is 0 Å². The number of amides is 1. The predicted molar refractivity (Wildman–Crippen MR) is 90.3 cm³/mol. The van der Waals surface area contributed by atoms with Crippen molar-refractivity contribution in [1.29, 1.82) is 0 Å². The zero-order valence-corrected chi connectivity index (χ0v) is 14.2. The summed E-state index contributed by atoms with van der Waals surface area (Å²) >= 11 is 0. The molecular formula is C17H21N5O3. The molecule has 0 unspecified atom stereocenters. The molecule has 0 aromatic carbocycles. The SMILES string of the molecule is Cc1cn(CC(=O)N2CCn3nc4c(c3C2)CCCC4)c(=O)[nH]c1=O. The van der Waals surface area contributed by atoms with Crippen LogP contribution >= 0.6 is 0 Å². The van der Waals surface area contributed by atoms with Gasteiger partial charge in [-0.1, -0.05) is 0 Å². The molecule has 0 atom stereocenters. The lowest BCUT2D eigenvalue weighted by atomic mass is 9.95. The van der Waals surface area contributed by atoms with Crippen molar-refractivity contribution in [3.8, 4) is 0 Å². The maximum Gasteiger partial charge on any atom is 0.328 e. The van der Waals surface area contributed by atoms with E-state index in [9.17, 15) is 14.4 Å². The second-order valence-electron chi connectivity index (χ2n) is 6.82. The molecule has 1 N–H and O–H groups in total. The van der Waals surface area contributed by atoms with Gasteiger partial charge in [-0.2, -0.15) is 5.10 Å². The van der Waals surface area contributed by atoms with E-state index in [0.717, 1.165) is 18.5 Å². The minimum atomic E-state index is -0.552. The molecule has 2 aromatic rings. The number of carbonyl (C=O) groups is 1. The van der Waals surface area contributed by atoms with Gasteiger partial charge in [0.05, 0.1) is 24.5 Å². The highest BCUT2D eigenvalue weighted by Crippen LogP contribution is 2.27. The number of aromatic amines is 1. The second kappa shape index (κ2) is 6.02. The van der Waals surface area contributed by atoms with Crippen LogP contribution in [0.1, 0.15) is 35.4 Å². The van der Waals surface area contributed by atoms with Crippen molar-refractivity contribution in [2.75, 3.05) is 6.54 Å². The third-order valence-electron chi connectivity index (χ3n) is 5.11. The largest absolute Gasteiger partial charge is 0.333 e. The summed E-state index contributed by atoms with van der Waals surface area (Å²) in [7, 11) is 0. The van der Waals surface area contributed by atoms with Crippen molar-refractivity contribution >= 4 is 5.91 Å². The number of rotatable bonds is 2. The van der Waals surface area contributed by atoms with Gasteiger partial charge in [0.1, 0.15) is 6.54 Å². The van der Waals surface area contributed by atoms with E-state index >= 15 is 0 Å². The monoisotopic (exact) mass is 343 g/mol. The predicted octanol–water partition coefficient (Wildman–Crippen LogP) is -0.0373. The lowest BCUT2D eigenvalue weighted by molar-refractivity contribution is -0.133. The quantitative estimate of drug-likeness (QED) is 0.828. The maximum atomic E-state index is 12.7. The minimum absolute atomic E-state index is 0.0627. The lowest BCUT2D eigenvalue weighted by Gasteiger charge is -2.29. The van der Waals surface area contributed by atoms with Gasteiger partial charge >= 0.3 is 5.69 Å². The molecule has 1 aliphatic carbocycles. The number of nitrogens with zero attached hydrogens (tertiary/aromatic N) is 4. The van der Waals surface area contributed by atoms with Crippen LogP contribution in [0.5, 0.6) is 0 Å². The number of hydrogen-bond donors (Lipinski definition) is 1. The molecule has 8 nitrogen and oxygen atoms in total. The van der Waals surface area contributed by atoms with Gasteiger partial charge < -0.3 is 4.90 Å². The summed E-state index contributed by atoms with van der Waals surface area (Å²) < 4.78 is 3.30. The van der Waals surface area contributed by atoms with E-state index < -0.39 is 11.2 Å². The average molecular weight is 343 g/mol. The Labute approximate surface area is 144 Å². The molecule has 132 valence electrons. The molecule has 2 aromatic heterocycles. The van der Waals surface area contributed by atoms with Crippen molar-refractivity contribution in [2.24, 2.45) is 0 Å². The van der Waals surface area contributed by atoms with Gasteiger partial charge in [0.25, 0.3) is 5.56 Å². The average Bonchev–Trinajstić information content (AvgIpc) is 2.97. The Kier molecular flexibility index (Phi) is 3.82. The normalized spacial score (nSPS) is 16.4. The summed E-state index contributed by atoms with van der Waals surface area (Å²) in [6.45, 7) is 3.37. The van der Waals surface area contributed by atoms with Crippen molar-refractivity contribution in [3.63, 3.8) is 0 Å². The Bertz CT molecular complexity index is 952. The number of aromatic nitrogens is 4. The zero-order chi connectivity index (χ0) is 17.6. The fourth-order valence-electron chi connectivity index (χ4n) is 3.70. The Balaban J connectivity index is 1.55. The first-order valence-corrected chi connectivity index (χ1v) is 8.68. The molecule has 25 heavy (non-hydrogen) atoms. The van der Waals surface area contributed by atoms with Gasteiger partial charge in [0, 0.05) is 18.3 Å². The van der Waals surface area contributed by atoms with Gasteiger partial charge in [0.2, 0.25) is 5.91 Å². The number of nitrogens with one attached hydrogen (secondary N) is 1. The lowest BCUT2D eigenvalue weighted by Crippen LogP contribution is -2.42. The van der Waals surface area contributed by atoms with E-state index in [1.165, 1.54) is 34.9 Å². The summed E-state index contributed by atoms with van der Waals surface area (Å²) in [5, 5.41) is 4.69. The fourth-order valence-corrected chi connectivity index (χ4v) is 3.70. The highest BCUT2D eigenvalue weighted by atomic mass is 16.2. The standard InChI is InChI=1S/C17H21N5O3/c1-11-8-21(17(25)18-16(11)24)10-15(23)20-6-7-22-14(9-20)12-4-2-3-5-13(12)19-22/h8H,2-7,9-10H2,1H3,(H,18,24,25). The summed E-state index contributed by atoms with van der Waals surface area (Å²) in [4.78, 5) is 40.0. The third kappa shape index (κ3) is 2.81. The highest BCUT2D eigenvalue weighted by molar-refractivity contribution is 5.76. The van der Waals surface area contributed by atoms with Gasteiger partial charge in [-0.25, -0.2) is 4.79 Å². The van der Waals surface area contributed by atoms with E-state index in [1.54, 1.807) is 11.8 Å². The topological polar surface area (TPSA) is 93.0 Å². The van der Waals surface area contributed by atoms with Crippen LogP contribution in [0, 0.1) is 6.92 Å². The third-order valence-corrected chi connectivity index (χ3v) is 5.11. The number of hydrogen-bond acceptors (Lipinski definition) is 4. The number of aryl methyl sites for hydroxylation is 2. The van der Waals surface area contributed by atoms with Gasteiger partial charge in [-0.15, -0.1) is 0 Å². The highest BCUT2D eigenvalue weighted by Gasteiger charge is 2.27. The van der Waals surface area contributed by atoms with Gasteiger partial charge in [-0.05, 0) is 38.2 Å². The molecule has 0 bridgehead atoms. The van der Waals surface area contributed by atoms with Crippen molar-refractivity contribution < 1.29 is 4.79 Å². The molecule has 1 amide bonds. The van der Waals surface area contributed by atoms with E-state index in [2.05, 4.69) is 10.1 Å². The molecule has 0 radical (unpaired) electrons. The van der Waals surface area contributed by atoms with Crippen LogP contribution in [0.3, 0.4) is 0 Å². The van der Waals surface area contributed by atoms with Crippen LogP contribution in [0.25, 0.3) is 0 Å². The Morgan fingerprint density at radius 1 is 1.24 bits per heavy atom. The fraction of sp³-hybridized carbons (Fsp3) is 0.529. The Morgan fingerprint density at radius 3 is 2.88 bits per heavy atom. The number of carbonyl (C=O) groups excluding carboxylic acids is 1. The molecule has 2 aliphatic rings. The van der Waals surface area contributed by atoms with Crippen LogP contribution < -0.4 is 11.2 Å². The molecule has 0 saturated heterocycles. The van der Waals surface area contributed by atoms with Crippen LogP contribution in [-0.4, -0.2) is 36.7 Å². The van der Waals surface area contributed by atoms with Gasteiger partial charge in [-0.3, -0.25) is 23.8 Å². The smallest absolute Gasteiger partial charge is 0.328 e. The summed E-state index contributed by atoms with van der Waals surface area (Å²) in [5.41, 5.74) is 3.08. The number of H-pyrrole nitrogens is 1. The molecule has 4 rings (SSSR count). The first-order chi connectivity index (χ1) is 12.0.